The van der Waals surface area contributed by atoms with Gasteiger partial charge in [-0.05, 0) is 31.4 Å². The largest absolute Gasteiger partial charge is 0.299 e. The van der Waals surface area contributed by atoms with Gasteiger partial charge in [-0.3, -0.25) is 4.90 Å². The van der Waals surface area contributed by atoms with Gasteiger partial charge in [-0.15, -0.1) is 0 Å². The van der Waals surface area contributed by atoms with Crippen LogP contribution in [0.1, 0.15) is 32.8 Å². The number of benzene rings is 1. The molecule has 0 saturated heterocycles. The van der Waals surface area contributed by atoms with E-state index in [9.17, 15) is 0 Å². The third-order valence-corrected chi connectivity index (χ3v) is 3.11. The predicted molar refractivity (Wildman–Crippen MR) is 80.9 cm³/mol. The van der Waals surface area contributed by atoms with Crippen LogP contribution >= 0.6 is 0 Å². The van der Waals surface area contributed by atoms with Gasteiger partial charge < -0.3 is 0 Å². The molecular weight excluding hydrogens is 218 g/mol. The molecule has 0 spiro atoms. The molecule has 0 N–H and O–H groups in total. The Balaban J connectivity index is 0.000000184. The summed E-state index contributed by atoms with van der Waals surface area (Å²) in [6, 6.07) is 10.6. The molecule has 0 bridgehead atoms. The summed E-state index contributed by atoms with van der Waals surface area (Å²) in [5.74, 6) is 0.766. The van der Waals surface area contributed by atoms with E-state index < -0.39 is 0 Å². The lowest BCUT2D eigenvalue weighted by molar-refractivity contribution is 0.427. The van der Waals surface area contributed by atoms with Crippen LogP contribution in [-0.4, -0.2) is 25.0 Å². The monoisotopic (exact) mass is 245 g/mol. The first-order valence-corrected chi connectivity index (χ1v) is 7.02. The Morgan fingerprint density at radius 2 is 1.83 bits per heavy atom. The second-order valence-electron chi connectivity index (χ2n) is 5.50. The number of hydrogen-bond acceptors (Lipinski definition) is 1. The van der Waals surface area contributed by atoms with E-state index in [-0.39, 0.29) is 0 Å². The van der Waals surface area contributed by atoms with E-state index in [0.29, 0.717) is 0 Å². The maximum absolute atomic E-state index is 2.32. The van der Waals surface area contributed by atoms with E-state index in [1.165, 1.54) is 24.9 Å². The third kappa shape index (κ3) is 6.02. The zero-order valence-corrected chi connectivity index (χ0v) is 12.3. The van der Waals surface area contributed by atoms with E-state index in [1.807, 2.05) is 0 Å². The molecule has 0 amide bonds. The van der Waals surface area contributed by atoms with Gasteiger partial charge in [0.2, 0.25) is 0 Å². The van der Waals surface area contributed by atoms with Crippen molar-refractivity contribution < 1.29 is 0 Å². The van der Waals surface area contributed by atoms with Gasteiger partial charge in [-0.2, -0.15) is 0 Å². The topological polar surface area (TPSA) is 3.24 Å². The summed E-state index contributed by atoms with van der Waals surface area (Å²) in [5.41, 5.74) is 3.03. The summed E-state index contributed by atoms with van der Waals surface area (Å²) >= 11 is 0. The lowest BCUT2D eigenvalue weighted by Crippen LogP contribution is -2.13. The maximum Gasteiger partial charge on any atom is 0.0193 e. The minimum absolute atomic E-state index is 0.766. The first kappa shape index (κ1) is 15.0. The molecule has 1 heteroatoms. The Morgan fingerprint density at radius 1 is 1.17 bits per heavy atom. The summed E-state index contributed by atoms with van der Waals surface area (Å²) in [6.45, 7) is 9.05. The number of hydrogen-bond donors (Lipinski definition) is 0. The van der Waals surface area contributed by atoms with Crippen molar-refractivity contribution >= 4 is 0 Å². The van der Waals surface area contributed by atoms with Crippen molar-refractivity contribution in [3.8, 4) is 0 Å². The van der Waals surface area contributed by atoms with Crippen molar-refractivity contribution in [1.29, 1.82) is 0 Å². The van der Waals surface area contributed by atoms with Crippen LogP contribution in [0.5, 0.6) is 0 Å². The molecule has 2 rings (SSSR count). The van der Waals surface area contributed by atoms with Crippen molar-refractivity contribution in [3.05, 3.63) is 47.5 Å². The summed E-state index contributed by atoms with van der Waals surface area (Å²) in [4.78, 5) is 2.32. The predicted octanol–water partition coefficient (Wildman–Crippen LogP) is 4.15. The average Bonchev–Trinajstić information content (AvgIpc) is 2.76. The second-order valence-corrected chi connectivity index (χ2v) is 5.50. The molecule has 100 valence electrons. The molecule has 1 aliphatic rings. The smallest absolute Gasteiger partial charge is 0.0193 e. The van der Waals surface area contributed by atoms with Gasteiger partial charge in [-0.1, -0.05) is 62.8 Å². The fraction of sp³-hybridized carbons (Fsp3) is 0.529. The Hall–Kier alpha value is -1.08. The van der Waals surface area contributed by atoms with Crippen molar-refractivity contribution in [2.24, 2.45) is 5.92 Å². The van der Waals surface area contributed by atoms with Crippen LogP contribution in [0.4, 0.5) is 0 Å². The highest BCUT2D eigenvalue weighted by Gasteiger charge is 2.05. The van der Waals surface area contributed by atoms with Crippen LogP contribution in [0.3, 0.4) is 0 Å². The molecule has 1 heterocycles. The van der Waals surface area contributed by atoms with Gasteiger partial charge in [-0.25, -0.2) is 0 Å². The van der Waals surface area contributed by atoms with Crippen molar-refractivity contribution in [1.82, 2.24) is 4.90 Å². The number of likely N-dealkylation sites (N-methyl/N-ethyl adjacent to an activating group) is 1. The Morgan fingerprint density at radius 3 is 2.22 bits per heavy atom. The van der Waals surface area contributed by atoms with Gasteiger partial charge >= 0.3 is 0 Å². The van der Waals surface area contributed by atoms with Crippen LogP contribution < -0.4 is 0 Å². The van der Waals surface area contributed by atoms with Crippen molar-refractivity contribution in [2.75, 3.05) is 20.1 Å². The van der Waals surface area contributed by atoms with Gasteiger partial charge in [0.15, 0.2) is 0 Å². The van der Waals surface area contributed by atoms with Gasteiger partial charge in [0.1, 0.15) is 0 Å². The fourth-order valence-electron chi connectivity index (χ4n) is 2.10. The van der Waals surface area contributed by atoms with Crippen molar-refractivity contribution in [3.63, 3.8) is 0 Å². The highest BCUT2D eigenvalue weighted by molar-refractivity contribution is 5.14. The van der Waals surface area contributed by atoms with Crippen LogP contribution in [0.25, 0.3) is 0 Å². The van der Waals surface area contributed by atoms with Gasteiger partial charge in [0.25, 0.3) is 0 Å². The lowest BCUT2D eigenvalue weighted by Gasteiger charge is -2.04. The van der Waals surface area contributed by atoms with Crippen molar-refractivity contribution in [2.45, 2.75) is 33.6 Å². The molecule has 0 radical (unpaired) electrons. The molecule has 0 aromatic heterocycles. The highest BCUT2D eigenvalue weighted by atomic mass is 15.1. The fourth-order valence-corrected chi connectivity index (χ4v) is 2.10. The van der Waals surface area contributed by atoms with Crippen LogP contribution in [0.15, 0.2) is 42.0 Å². The molecule has 0 atom stereocenters. The molecule has 0 unspecified atom stereocenters. The maximum atomic E-state index is 2.32. The van der Waals surface area contributed by atoms with Crippen LogP contribution in [0, 0.1) is 5.92 Å². The third-order valence-electron chi connectivity index (χ3n) is 3.11. The highest BCUT2D eigenvalue weighted by Crippen LogP contribution is 2.08. The second kappa shape index (κ2) is 8.10. The SMILES string of the molecule is CC(C)Cc1ccccc1.CCC1=CCN(C)C1. The molecule has 1 aromatic rings. The van der Waals surface area contributed by atoms with E-state index >= 15 is 0 Å². The lowest BCUT2D eigenvalue weighted by atomic mass is 10.0. The molecule has 0 aliphatic carbocycles. The molecule has 1 aromatic carbocycles. The van der Waals surface area contributed by atoms with E-state index in [0.717, 1.165) is 12.5 Å². The molecule has 18 heavy (non-hydrogen) atoms. The van der Waals surface area contributed by atoms with Gasteiger partial charge in [0, 0.05) is 13.1 Å². The Kier molecular flexibility index (Phi) is 6.74. The van der Waals surface area contributed by atoms with Gasteiger partial charge in [0.05, 0.1) is 0 Å². The van der Waals surface area contributed by atoms with E-state index in [2.05, 4.69) is 69.1 Å². The minimum atomic E-state index is 0.766. The quantitative estimate of drug-likeness (QED) is 0.723. The average molecular weight is 245 g/mol. The first-order chi connectivity index (χ1) is 8.61. The Labute approximate surface area is 113 Å². The molecule has 0 saturated carbocycles. The normalized spacial score (nSPS) is 15.3. The zero-order valence-electron chi connectivity index (χ0n) is 12.3. The van der Waals surface area contributed by atoms with E-state index in [4.69, 9.17) is 0 Å². The minimum Gasteiger partial charge on any atom is -0.299 e. The molecule has 0 fully saturated rings. The summed E-state index contributed by atoms with van der Waals surface area (Å²) in [6.07, 6.45) is 4.74. The van der Waals surface area contributed by atoms with E-state index in [1.54, 1.807) is 5.57 Å². The summed E-state index contributed by atoms with van der Waals surface area (Å²) < 4.78 is 0. The summed E-state index contributed by atoms with van der Waals surface area (Å²) in [7, 11) is 2.15. The van der Waals surface area contributed by atoms with Crippen LogP contribution in [0.2, 0.25) is 0 Å². The first-order valence-electron chi connectivity index (χ1n) is 7.02. The summed E-state index contributed by atoms with van der Waals surface area (Å²) in [5, 5.41) is 0. The molecule has 1 aliphatic heterocycles. The Bertz CT molecular complexity index is 351. The molecule has 1 nitrogen and oxygen atoms in total. The number of rotatable bonds is 3. The zero-order chi connectivity index (χ0) is 13.4. The number of nitrogens with zero attached hydrogens (tertiary/aromatic N) is 1. The standard InChI is InChI=1S/C10H14.C7H13N/c1-9(2)8-10-6-4-3-5-7-10;1-3-7-4-5-8(2)6-7/h3-7,9H,8H2,1-2H3;4H,3,5-6H2,1-2H3. The molecular formula is C17H27N. The van der Waals surface area contributed by atoms with Crippen LogP contribution in [-0.2, 0) is 6.42 Å².